The number of unbranched alkanes of at least 4 members (excludes halogenated alkanes) is 10. The third-order valence-corrected chi connectivity index (χ3v) is 3.76. The molecule has 1 heterocycles. The van der Waals surface area contributed by atoms with E-state index in [4.69, 9.17) is 0 Å². The fraction of sp³-hybridized carbons (Fsp3) is 0.722. The fourth-order valence-electron chi connectivity index (χ4n) is 2.52. The van der Waals surface area contributed by atoms with Crippen molar-refractivity contribution >= 4 is 0 Å². The Hall–Kier alpha value is -0.850. The minimum absolute atomic E-state index is 1.15. The van der Waals surface area contributed by atoms with Crippen molar-refractivity contribution in [3.63, 3.8) is 0 Å². The van der Waals surface area contributed by atoms with Gasteiger partial charge in [-0.15, -0.1) is 0 Å². The molecule has 0 unspecified atom stereocenters. The molecular weight excluding hydrogens is 230 g/mol. The number of rotatable bonds is 12. The predicted molar refractivity (Wildman–Crippen MR) is 84.4 cm³/mol. The first-order valence-corrected chi connectivity index (χ1v) is 8.33. The first kappa shape index (κ1) is 16.2. The van der Waals surface area contributed by atoms with Gasteiger partial charge in [-0.1, -0.05) is 77.2 Å². The highest BCUT2D eigenvalue weighted by Crippen LogP contribution is 2.12. The van der Waals surface area contributed by atoms with Gasteiger partial charge < -0.3 is 0 Å². The molecule has 0 aromatic carbocycles. The molecule has 0 N–H and O–H groups in total. The number of pyridine rings is 1. The van der Waals surface area contributed by atoms with Gasteiger partial charge in [0.2, 0.25) is 0 Å². The molecule has 0 aliphatic rings. The zero-order valence-corrected chi connectivity index (χ0v) is 12.7. The average molecular weight is 261 g/mol. The van der Waals surface area contributed by atoms with E-state index >= 15 is 0 Å². The van der Waals surface area contributed by atoms with Gasteiger partial charge in [0.25, 0.3) is 0 Å². The molecule has 19 heavy (non-hydrogen) atoms. The van der Waals surface area contributed by atoms with E-state index in [0.717, 1.165) is 6.42 Å². The molecule has 0 atom stereocenters. The van der Waals surface area contributed by atoms with Crippen LogP contribution < -0.4 is 0 Å². The van der Waals surface area contributed by atoms with Crippen LogP contribution >= 0.6 is 0 Å². The van der Waals surface area contributed by atoms with Crippen molar-refractivity contribution in [3.8, 4) is 0 Å². The summed E-state index contributed by atoms with van der Waals surface area (Å²) in [6.07, 6.45) is 18.6. The summed E-state index contributed by atoms with van der Waals surface area (Å²) >= 11 is 0. The van der Waals surface area contributed by atoms with Gasteiger partial charge in [-0.2, -0.15) is 0 Å². The monoisotopic (exact) mass is 261 g/mol. The molecule has 1 aromatic heterocycles. The van der Waals surface area contributed by atoms with Crippen LogP contribution in [0.5, 0.6) is 0 Å². The summed E-state index contributed by atoms with van der Waals surface area (Å²) in [7, 11) is 0. The summed E-state index contributed by atoms with van der Waals surface area (Å²) in [5, 5.41) is 0. The Labute approximate surface area is 119 Å². The SMILES string of the molecule is CCCCCCCCCCCCCc1ccccn1. The lowest BCUT2D eigenvalue weighted by Crippen LogP contribution is -1.89. The predicted octanol–water partition coefficient (Wildman–Crippen LogP) is 5.94. The Morgan fingerprint density at radius 2 is 1.32 bits per heavy atom. The molecule has 0 radical (unpaired) electrons. The Balaban J connectivity index is 1.79. The third kappa shape index (κ3) is 9.69. The van der Waals surface area contributed by atoms with E-state index in [1.807, 2.05) is 12.3 Å². The van der Waals surface area contributed by atoms with Gasteiger partial charge in [-0.25, -0.2) is 0 Å². The molecular formula is C18H31N. The first-order chi connectivity index (χ1) is 9.43. The maximum absolute atomic E-state index is 4.36. The second kappa shape index (κ2) is 12.2. The molecule has 0 amide bonds. The van der Waals surface area contributed by atoms with Gasteiger partial charge in [-0.05, 0) is 25.0 Å². The molecule has 0 spiro atoms. The quantitative estimate of drug-likeness (QED) is 0.425. The van der Waals surface area contributed by atoms with Gasteiger partial charge in [0, 0.05) is 11.9 Å². The molecule has 108 valence electrons. The number of hydrogen-bond acceptors (Lipinski definition) is 1. The summed E-state index contributed by atoms with van der Waals surface area (Å²) in [5.41, 5.74) is 1.25. The molecule has 1 aromatic rings. The van der Waals surface area contributed by atoms with Crippen LogP contribution in [0.4, 0.5) is 0 Å². The lowest BCUT2D eigenvalue weighted by Gasteiger charge is -2.02. The summed E-state index contributed by atoms with van der Waals surface area (Å²) in [6.45, 7) is 2.28. The van der Waals surface area contributed by atoms with E-state index in [-0.39, 0.29) is 0 Å². The number of nitrogens with zero attached hydrogens (tertiary/aromatic N) is 1. The normalized spacial score (nSPS) is 10.8. The molecule has 1 heteroatoms. The van der Waals surface area contributed by atoms with Crippen LogP contribution in [0.25, 0.3) is 0 Å². The zero-order valence-electron chi connectivity index (χ0n) is 12.7. The van der Waals surface area contributed by atoms with E-state index in [1.165, 1.54) is 76.3 Å². The van der Waals surface area contributed by atoms with Crippen LogP contribution in [0.2, 0.25) is 0 Å². The largest absolute Gasteiger partial charge is 0.261 e. The van der Waals surface area contributed by atoms with Crippen LogP contribution in [0.3, 0.4) is 0 Å². The highest BCUT2D eigenvalue weighted by atomic mass is 14.7. The van der Waals surface area contributed by atoms with Gasteiger partial charge in [0.05, 0.1) is 0 Å². The summed E-state index contributed by atoms with van der Waals surface area (Å²) in [5.74, 6) is 0. The first-order valence-electron chi connectivity index (χ1n) is 8.33. The maximum atomic E-state index is 4.36. The minimum Gasteiger partial charge on any atom is -0.261 e. The molecule has 0 saturated carbocycles. The Morgan fingerprint density at radius 3 is 1.84 bits per heavy atom. The molecule has 1 rings (SSSR count). The van der Waals surface area contributed by atoms with Gasteiger partial charge in [0.1, 0.15) is 0 Å². The van der Waals surface area contributed by atoms with E-state index in [1.54, 1.807) is 0 Å². The second-order valence-corrected chi connectivity index (χ2v) is 5.61. The lowest BCUT2D eigenvalue weighted by molar-refractivity contribution is 0.549. The summed E-state index contributed by atoms with van der Waals surface area (Å²) in [4.78, 5) is 4.36. The number of hydrogen-bond donors (Lipinski definition) is 0. The Morgan fingerprint density at radius 1 is 0.737 bits per heavy atom. The molecule has 1 nitrogen and oxygen atoms in total. The number of aryl methyl sites for hydroxylation is 1. The zero-order chi connectivity index (χ0) is 13.6. The van der Waals surface area contributed by atoms with Crippen LogP contribution in [-0.4, -0.2) is 4.98 Å². The smallest absolute Gasteiger partial charge is 0.0403 e. The standard InChI is InChI=1S/C18H31N/c1-2-3-4-5-6-7-8-9-10-11-12-15-18-16-13-14-17-19-18/h13-14,16-17H,2-12,15H2,1H3. The van der Waals surface area contributed by atoms with Gasteiger partial charge >= 0.3 is 0 Å². The van der Waals surface area contributed by atoms with Crippen molar-refractivity contribution in [2.75, 3.05) is 0 Å². The highest BCUT2D eigenvalue weighted by Gasteiger charge is 1.95. The van der Waals surface area contributed by atoms with Crippen molar-refractivity contribution in [1.29, 1.82) is 0 Å². The lowest BCUT2D eigenvalue weighted by atomic mass is 10.0. The molecule has 0 saturated heterocycles. The highest BCUT2D eigenvalue weighted by molar-refractivity contribution is 5.03. The summed E-state index contributed by atoms with van der Waals surface area (Å²) < 4.78 is 0. The van der Waals surface area contributed by atoms with Crippen molar-refractivity contribution in [3.05, 3.63) is 30.1 Å². The van der Waals surface area contributed by atoms with Crippen molar-refractivity contribution < 1.29 is 0 Å². The summed E-state index contributed by atoms with van der Waals surface area (Å²) in [6, 6.07) is 6.21. The molecule has 0 aliphatic heterocycles. The van der Waals surface area contributed by atoms with Crippen molar-refractivity contribution in [2.45, 2.75) is 84.0 Å². The number of aromatic nitrogens is 1. The van der Waals surface area contributed by atoms with Crippen molar-refractivity contribution in [2.24, 2.45) is 0 Å². The van der Waals surface area contributed by atoms with E-state index in [0.29, 0.717) is 0 Å². The van der Waals surface area contributed by atoms with Crippen LogP contribution in [0, 0.1) is 0 Å². The average Bonchev–Trinajstić information content (AvgIpc) is 2.46. The van der Waals surface area contributed by atoms with Crippen LogP contribution in [0.1, 0.15) is 83.2 Å². The molecule has 0 bridgehead atoms. The van der Waals surface area contributed by atoms with Gasteiger partial charge in [-0.3, -0.25) is 4.98 Å². The van der Waals surface area contributed by atoms with Crippen molar-refractivity contribution in [1.82, 2.24) is 4.98 Å². The second-order valence-electron chi connectivity index (χ2n) is 5.61. The van der Waals surface area contributed by atoms with Gasteiger partial charge in [0.15, 0.2) is 0 Å². The molecule has 0 fully saturated rings. The molecule has 0 aliphatic carbocycles. The van der Waals surface area contributed by atoms with E-state index < -0.39 is 0 Å². The van der Waals surface area contributed by atoms with E-state index in [9.17, 15) is 0 Å². The fourth-order valence-corrected chi connectivity index (χ4v) is 2.52. The van der Waals surface area contributed by atoms with Crippen LogP contribution in [0.15, 0.2) is 24.4 Å². The maximum Gasteiger partial charge on any atom is 0.0403 e. The minimum atomic E-state index is 1.15. The van der Waals surface area contributed by atoms with Crippen LogP contribution in [-0.2, 0) is 6.42 Å². The Bertz CT molecular complexity index is 281. The Kier molecular flexibility index (Phi) is 10.4. The third-order valence-electron chi connectivity index (χ3n) is 3.76. The van der Waals surface area contributed by atoms with E-state index in [2.05, 4.69) is 24.0 Å². The topological polar surface area (TPSA) is 12.9 Å².